The van der Waals surface area contributed by atoms with E-state index in [1.807, 2.05) is 25.1 Å². The predicted molar refractivity (Wildman–Crippen MR) is 94.6 cm³/mol. The molecule has 4 heteroatoms. The van der Waals surface area contributed by atoms with Crippen molar-refractivity contribution in [3.05, 3.63) is 74.9 Å². The fourth-order valence-corrected chi connectivity index (χ4v) is 3.57. The van der Waals surface area contributed by atoms with Gasteiger partial charge in [-0.25, -0.2) is 9.18 Å². The lowest BCUT2D eigenvalue weighted by molar-refractivity contribution is 0.308. The van der Waals surface area contributed by atoms with E-state index in [2.05, 4.69) is 0 Å². The van der Waals surface area contributed by atoms with Crippen molar-refractivity contribution >= 4 is 11.0 Å². The van der Waals surface area contributed by atoms with Gasteiger partial charge in [-0.05, 0) is 73.6 Å². The Morgan fingerprint density at radius 3 is 2.72 bits per heavy atom. The van der Waals surface area contributed by atoms with Crippen LogP contribution in [0, 0.1) is 12.7 Å². The van der Waals surface area contributed by atoms with Crippen LogP contribution >= 0.6 is 0 Å². The zero-order valence-corrected chi connectivity index (χ0v) is 14.1. The lowest BCUT2D eigenvalue weighted by atomic mass is 9.90. The Hall–Kier alpha value is -2.62. The van der Waals surface area contributed by atoms with Gasteiger partial charge in [0.15, 0.2) is 0 Å². The van der Waals surface area contributed by atoms with Crippen molar-refractivity contribution in [1.29, 1.82) is 0 Å². The second kappa shape index (κ2) is 6.36. The number of aryl methyl sites for hydroxylation is 2. The maximum Gasteiger partial charge on any atom is 0.339 e. The van der Waals surface area contributed by atoms with E-state index in [0.717, 1.165) is 53.3 Å². The lowest BCUT2D eigenvalue weighted by Crippen LogP contribution is -2.16. The molecule has 1 heterocycles. The van der Waals surface area contributed by atoms with Gasteiger partial charge in [0.05, 0.1) is 5.39 Å². The topological polar surface area (TPSA) is 39.4 Å². The monoisotopic (exact) mass is 338 g/mol. The molecule has 0 radical (unpaired) electrons. The minimum absolute atomic E-state index is 0.233. The number of benzene rings is 2. The van der Waals surface area contributed by atoms with Crippen LogP contribution in [0.3, 0.4) is 0 Å². The van der Waals surface area contributed by atoms with Crippen LogP contribution in [0.15, 0.2) is 45.6 Å². The van der Waals surface area contributed by atoms with Crippen LogP contribution < -0.4 is 10.4 Å². The van der Waals surface area contributed by atoms with Gasteiger partial charge >= 0.3 is 5.63 Å². The Morgan fingerprint density at radius 1 is 1.12 bits per heavy atom. The normalized spacial score (nSPS) is 13.7. The van der Waals surface area contributed by atoms with E-state index in [4.69, 9.17) is 9.15 Å². The van der Waals surface area contributed by atoms with Crippen LogP contribution in [-0.2, 0) is 19.4 Å². The lowest BCUT2D eigenvalue weighted by Gasteiger charge is -2.19. The summed E-state index contributed by atoms with van der Waals surface area (Å²) < 4.78 is 24.9. The molecule has 0 atom stereocenters. The van der Waals surface area contributed by atoms with Crippen LogP contribution in [0.2, 0.25) is 0 Å². The summed E-state index contributed by atoms with van der Waals surface area (Å²) in [5.41, 5.74) is 3.88. The van der Waals surface area contributed by atoms with Crippen molar-refractivity contribution in [2.24, 2.45) is 0 Å². The van der Waals surface area contributed by atoms with Crippen LogP contribution in [-0.4, -0.2) is 0 Å². The molecule has 0 spiro atoms. The number of fused-ring (bicyclic) bond motifs is 3. The molecule has 3 nitrogen and oxygen atoms in total. The number of rotatable bonds is 3. The summed E-state index contributed by atoms with van der Waals surface area (Å²) >= 11 is 0. The number of ether oxygens (including phenoxy) is 1. The molecule has 128 valence electrons. The number of hydrogen-bond donors (Lipinski definition) is 0. The average molecular weight is 338 g/mol. The van der Waals surface area contributed by atoms with Gasteiger partial charge in [0, 0.05) is 5.56 Å². The van der Waals surface area contributed by atoms with E-state index < -0.39 is 0 Å². The molecule has 0 saturated heterocycles. The maximum absolute atomic E-state index is 13.4. The molecule has 2 aromatic carbocycles. The standard InChI is InChI=1S/C21H19FO3/c1-13-9-18(24-12-14-5-4-6-15(22)11-14)20-16-7-2-3-8-17(16)21(23)25-19(20)10-13/h4-6,9-11H,2-3,7-8,12H2,1H3. The van der Waals surface area contributed by atoms with E-state index >= 15 is 0 Å². The minimum Gasteiger partial charge on any atom is -0.488 e. The summed E-state index contributed by atoms with van der Waals surface area (Å²) in [6.45, 7) is 2.21. The molecule has 0 amide bonds. The highest BCUT2D eigenvalue weighted by Crippen LogP contribution is 2.34. The second-order valence-corrected chi connectivity index (χ2v) is 6.61. The molecular formula is C21H19FO3. The quantitative estimate of drug-likeness (QED) is 0.650. The molecule has 0 saturated carbocycles. The summed E-state index contributed by atoms with van der Waals surface area (Å²) in [5, 5.41) is 0.885. The smallest absolute Gasteiger partial charge is 0.339 e. The first-order valence-corrected chi connectivity index (χ1v) is 8.58. The Labute approximate surface area is 145 Å². The largest absolute Gasteiger partial charge is 0.488 e. The number of halogens is 1. The van der Waals surface area contributed by atoms with Crippen molar-refractivity contribution in [3.63, 3.8) is 0 Å². The maximum atomic E-state index is 13.4. The molecule has 1 aromatic heterocycles. The average Bonchev–Trinajstić information content (AvgIpc) is 2.59. The van der Waals surface area contributed by atoms with Gasteiger partial charge in [-0.1, -0.05) is 12.1 Å². The van der Waals surface area contributed by atoms with Gasteiger partial charge in [-0.3, -0.25) is 0 Å². The molecule has 0 aliphatic heterocycles. The van der Waals surface area contributed by atoms with Crippen molar-refractivity contribution in [2.75, 3.05) is 0 Å². The van der Waals surface area contributed by atoms with Crippen LogP contribution in [0.4, 0.5) is 4.39 Å². The third-order valence-electron chi connectivity index (χ3n) is 4.71. The van der Waals surface area contributed by atoms with E-state index in [0.29, 0.717) is 11.3 Å². The Morgan fingerprint density at radius 2 is 1.92 bits per heavy atom. The van der Waals surface area contributed by atoms with E-state index in [9.17, 15) is 9.18 Å². The molecule has 0 fully saturated rings. The summed E-state index contributed by atoms with van der Waals surface area (Å²) in [6, 6.07) is 10.2. The molecular weight excluding hydrogens is 319 g/mol. The highest BCUT2D eigenvalue weighted by atomic mass is 19.1. The summed E-state index contributed by atoms with van der Waals surface area (Å²) in [6.07, 6.45) is 3.68. The summed E-state index contributed by atoms with van der Waals surface area (Å²) in [5.74, 6) is 0.416. The minimum atomic E-state index is -0.279. The molecule has 0 bridgehead atoms. The number of hydrogen-bond acceptors (Lipinski definition) is 3. The first-order valence-electron chi connectivity index (χ1n) is 8.58. The summed E-state index contributed by atoms with van der Waals surface area (Å²) in [7, 11) is 0. The van der Waals surface area contributed by atoms with Crippen LogP contribution in [0.1, 0.15) is 35.1 Å². The molecule has 3 aromatic rings. The predicted octanol–water partition coefficient (Wildman–Crippen LogP) is 4.70. The van der Waals surface area contributed by atoms with Gasteiger partial charge in [-0.15, -0.1) is 0 Å². The zero-order valence-electron chi connectivity index (χ0n) is 14.1. The third-order valence-corrected chi connectivity index (χ3v) is 4.71. The van der Waals surface area contributed by atoms with Gasteiger partial charge in [0.1, 0.15) is 23.8 Å². The molecule has 0 unspecified atom stereocenters. The highest BCUT2D eigenvalue weighted by molar-refractivity contribution is 5.88. The van der Waals surface area contributed by atoms with Crippen molar-refractivity contribution in [2.45, 2.75) is 39.2 Å². The van der Waals surface area contributed by atoms with E-state index in [1.165, 1.54) is 12.1 Å². The van der Waals surface area contributed by atoms with Gasteiger partial charge in [0.25, 0.3) is 0 Å². The molecule has 4 rings (SSSR count). The first kappa shape index (κ1) is 15.9. The highest BCUT2D eigenvalue weighted by Gasteiger charge is 2.21. The summed E-state index contributed by atoms with van der Waals surface area (Å²) in [4.78, 5) is 12.3. The molecule has 1 aliphatic rings. The fourth-order valence-electron chi connectivity index (χ4n) is 3.57. The van der Waals surface area contributed by atoms with Crippen LogP contribution in [0.5, 0.6) is 5.75 Å². The zero-order chi connectivity index (χ0) is 17.4. The molecule has 25 heavy (non-hydrogen) atoms. The van der Waals surface area contributed by atoms with E-state index in [-0.39, 0.29) is 18.0 Å². The van der Waals surface area contributed by atoms with E-state index in [1.54, 1.807) is 6.07 Å². The van der Waals surface area contributed by atoms with Crippen LogP contribution in [0.25, 0.3) is 11.0 Å². The van der Waals surface area contributed by atoms with Crippen molar-refractivity contribution in [1.82, 2.24) is 0 Å². The third kappa shape index (κ3) is 3.04. The second-order valence-electron chi connectivity index (χ2n) is 6.61. The Balaban J connectivity index is 1.81. The Bertz CT molecular complexity index is 1000. The Kier molecular flexibility index (Phi) is 4.04. The molecule has 1 aliphatic carbocycles. The first-order chi connectivity index (χ1) is 12.1. The van der Waals surface area contributed by atoms with Crippen molar-refractivity contribution < 1.29 is 13.5 Å². The van der Waals surface area contributed by atoms with Crippen molar-refractivity contribution in [3.8, 4) is 5.75 Å². The fraction of sp³-hybridized carbons (Fsp3) is 0.286. The SMILES string of the molecule is Cc1cc(OCc2cccc(F)c2)c2c3c(c(=O)oc2c1)CCCC3. The van der Waals surface area contributed by atoms with Gasteiger partial charge < -0.3 is 9.15 Å². The van der Waals surface area contributed by atoms with Gasteiger partial charge in [0.2, 0.25) is 0 Å². The molecule has 0 N–H and O–H groups in total. The van der Waals surface area contributed by atoms with Gasteiger partial charge in [-0.2, -0.15) is 0 Å².